The van der Waals surface area contributed by atoms with Gasteiger partial charge in [-0.2, -0.15) is 0 Å². The van der Waals surface area contributed by atoms with Gasteiger partial charge in [0.2, 0.25) is 0 Å². The first-order valence-electron chi connectivity index (χ1n) is 7.19. The molecule has 0 aliphatic rings. The van der Waals surface area contributed by atoms with E-state index in [2.05, 4.69) is 5.32 Å². The number of benzene rings is 2. The lowest BCUT2D eigenvalue weighted by atomic mass is 10.1. The van der Waals surface area contributed by atoms with Gasteiger partial charge in [0.15, 0.2) is 6.61 Å². The second-order valence-electron chi connectivity index (χ2n) is 5.00. The van der Waals surface area contributed by atoms with Crippen LogP contribution in [0.15, 0.2) is 42.5 Å². The van der Waals surface area contributed by atoms with Crippen molar-refractivity contribution in [2.45, 2.75) is 6.42 Å². The highest BCUT2D eigenvalue weighted by molar-refractivity contribution is 5.96. The fourth-order valence-corrected chi connectivity index (χ4v) is 2.02. The predicted molar refractivity (Wildman–Crippen MR) is 84.2 cm³/mol. The van der Waals surface area contributed by atoms with Crippen LogP contribution in [0.25, 0.3) is 0 Å². The summed E-state index contributed by atoms with van der Waals surface area (Å²) in [7, 11) is 0. The molecule has 0 heterocycles. The number of halogens is 2. The minimum atomic E-state index is -0.822. The smallest absolute Gasteiger partial charge is 0.340 e. The van der Waals surface area contributed by atoms with Crippen molar-refractivity contribution in [3.63, 3.8) is 0 Å². The molecule has 0 spiro atoms. The van der Waals surface area contributed by atoms with E-state index in [1.54, 1.807) is 18.2 Å². The molecule has 2 aromatic rings. The zero-order chi connectivity index (χ0) is 17.5. The maximum Gasteiger partial charge on any atom is 0.340 e. The number of anilines is 1. The summed E-state index contributed by atoms with van der Waals surface area (Å²) < 4.78 is 31.1. The first-order valence-corrected chi connectivity index (χ1v) is 7.19. The molecule has 0 aromatic heterocycles. The lowest BCUT2D eigenvalue weighted by Gasteiger charge is -2.08. The quantitative estimate of drug-likeness (QED) is 0.626. The van der Waals surface area contributed by atoms with E-state index in [4.69, 9.17) is 10.5 Å². The summed E-state index contributed by atoms with van der Waals surface area (Å²) in [6, 6.07) is 9.49. The number of esters is 1. The van der Waals surface area contributed by atoms with Gasteiger partial charge in [0.1, 0.15) is 11.6 Å². The summed E-state index contributed by atoms with van der Waals surface area (Å²) in [5, 5.41) is 2.51. The molecule has 0 saturated carbocycles. The van der Waals surface area contributed by atoms with Gasteiger partial charge in [0.25, 0.3) is 5.91 Å². The summed E-state index contributed by atoms with van der Waals surface area (Å²) in [4.78, 5) is 23.4. The summed E-state index contributed by atoms with van der Waals surface area (Å²) in [5.41, 5.74) is 5.90. The number of ether oxygens (including phenoxy) is 1. The van der Waals surface area contributed by atoms with Gasteiger partial charge in [-0.05, 0) is 36.2 Å². The molecule has 3 N–H and O–H groups in total. The highest BCUT2D eigenvalue weighted by Crippen LogP contribution is 2.14. The summed E-state index contributed by atoms with van der Waals surface area (Å²) in [5.74, 6) is -2.27. The van der Waals surface area contributed by atoms with Crippen LogP contribution in [0.1, 0.15) is 15.9 Å². The highest BCUT2D eigenvalue weighted by atomic mass is 19.1. The van der Waals surface area contributed by atoms with E-state index in [0.717, 1.165) is 12.1 Å². The number of nitrogens with two attached hydrogens (primary N) is 1. The Balaban J connectivity index is 1.77. The van der Waals surface area contributed by atoms with Crippen molar-refractivity contribution in [3.8, 4) is 0 Å². The Kier molecular flexibility index (Phi) is 5.83. The first kappa shape index (κ1) is 17.4. The van der Waals surface area contributed by atoms with E-state index in [0.29, 0.717) is 12.0 Å². The first-order chi connectivity index (χ1) is 11.5. The van der Waals surface area contributed by atoms with Crippen molar-refractivity contribution in [2.75, 3.05) is 18.9 Å². The van der Waals surface area contributed by atoms with Gasteiger partial charge in [-0.15, -0.1) is 0 Å². The minimum absolute atomic E-state index is 0.0180. The molecule has 2 aromatic carbocycles. The number of nitrogens with one attached hydrogen (secondary N) is 1. The summed E-state index contributed by atoms with van der Waals surface area (Å²) in [6.45, 7) is -0.303. The predicted octanol–water partition coefficient (Wildman–Crippen LogP) is 2.06. The lowest BCUT2D eigenvalue weighted by molar-refractivity contribution is -0.124. The van der Waals surface area contributed by atoms with Crippen LogP contribution in [-0.2, 0) is 16.0 Å². The SMILES string of the molecule is Nc1cc(F)ccc1C(=O)OCC(=O)NCCc1ccccc1F. The third kappa shape index (κ3) is 4.77. The standard InChI is InChI=1S/C17H16F2N2O3/c18-12-5-6-13(15(20)9-12)17(23)24-10-16(22)21-8-7-11-3-1-2-4-14(11)19/h1-6,9H,7-8,10,20H2,(H,21,22). The maximum atomic E-state index is 13.4. The van der Waals surface area contributed by atoms with E-state index in [1.807, 2.05) is 0 Å². The van der Waals surface area contributed by atoms with Crippen molar-refractivity contribution in [3.05, 3.63) is 65.2 Å². The number of rotatable bonds is 6. The molecule has 0 unspecified atom stereocenters. The molecule has 0 bridgehead atoms. The zero-order valence-electron chi connectivity index (χ0n) is 12.7. The number of nitrogen functional groups attached to an aromatic ring is 1. The number of carbonyl (C=O) groups is 2. The lowest BCUT2D eigenvalue weighted by Crippen LogP contribution is -2.30. The maximum absolute atomic E-state index is 13.4. The Morgan fingerprint density at radius 3 is 2.58 bits per heavy atom. The fraction of sp³-hybridized carbons (Fsp3) is 0.176. The second-order valence-corrected chi connectivity index (χ2v) is 5.00. The molecule has 0 aliphatic heterocycles. The van der Waals surface area contributed by atoms with Gasteiger partial charge in [-0.3, -0.25) is 4.79 Å². The summed E-state index contributed by atoms with van der Waals surface area (Å²) >= 11 is 0. The van der Waals surface area contributed by atoms with Crippen molar-refractivity contribution in [1.29, 1.82) is 0 Å². The highest BCUT2D eigenvalue weighted by Gasteiger charge is 2.13. The topological polar surface area (TPSA) is 81.4 Å². The molecule has 5 nitrogen and oxygen atoms in total. The van der Waals surface area contributed by atoms with E-state index < -0.39 is 24.3 Å². The van der Waals surface area contributed by atoms with Crippen LogP contribution >= 0.6 is 0 Å². The minimum Gasteiger partial charge on any atom is -0.452 e. The fourth-order valence-electron chi connectivity index (χ4n) is 2.02. The molecule has 126 valence electrons. The van der Waals surface area contributed by atoms with E-state index >= 15 is 0 Å². The third-order valence-corrected chi connectivity index (χ3v) is 3.24. The second kappa shape index (κ2) is 8.05. The van der Waals surface area contributed by atoms with Crippen molar-refractivity contribution >= 4 is 17.6 Å². The van der Waals surface area contributed by atoms with Gasteiger partial charge in [-0.1, -0.05) is 18.2 Å². The average molecular weight is 334 g/mol. The van der Waals surface area contributed by atoms with Crippen LogP contribution in [0, 0.1) is 11.6 Å². The van der Waals surface area contributed by atoms with Gasteiger partial charge < -0.3 is 15.8 Å². The Bertz CT molecular complexity index is 750. The average Bonchev–Trinajstić information content (AvgIpc) is 2.54. The van der Waals surface area contributed by atoms with Gasteiger partial charge in [0, 0.05) is 12.2 Å². The number of hydrogen-bond acceptors (Lipinski definition) is 4. The molecular formula is C17H16F2N2O3. The zero-order valence-corrected chi connectivity index (χ0v) is 12.7. The molecule has 1 amide bonds. The van der Waals surface area contributed by atoms with Gasteiger partial charge >= 0.3 is 5.97 Å². The van der Waals surface area contributed by atoms with Crippen LogP contribution < -0.4 is 11.1 Å². The number of amides is 1. The molecular weight excluding hydrogens is 318 g/mol. The van der Waals surface area contributed by atoms with Crippen LogP contribution in [0.3, 0.4) is 0 Å². The van der Waals surface area contributed by atoms with Crippen molar-refractivity contribution < 1.29 is 23.1 Å². The number of hydrogen-bond donors (Lipinski definition) is 2. The van der Waals surface area contributed by atoms with Crippen LogP contribution in [0.2, 0.25) is 0 Å². The van der Waals surface area contributed by atoms with Crippen LogP contribution in [0.4, 0.5) is 14.5 Å². The van der Waals surface area contributed by atoms with E-state index in [9.17, 15) is 18.4 Å². The molecule has 0 fully saturated rings. The van der Waals surface area contributed by atoms with Gasteiger partial charge in [-0.25, -0.2) is 13.6 Å². The van der Waals surface area contributed by atoms with Gasteiger partial charge in [0.05, 0.1) is 5.56 Å². The molecule has 7 heteroatoms. The monoisotopic (exact) mass is 334 g/mol. The van der Waals surface area contributed by atoms with Crippen LogP contribution in [0.5, 0.6) is 0 Å². The van der Waals surface area contributed by atoms with E-state index in [1.165, 1.54) is 12.1 Å². The largest absolute Gasteiger partial charge is 0.452 e. The Morgan fingerprint density at radius 2 is 1.88 bits per heavy atom. The van der Waals surface area contributed by atoms with Crippen molar-refractivity contribution in [1.82, 2.24) is 5.32 Å². The Morgan fingerprint density at radius 1 is 1.12 bits per heavy atom. The molecule has 2 rings (SSSR count). The molecule has 0 atom stereocenters. The molecule has 0 saturated heterocycles. The molecule has 0 aliphatic carbocycles. The molecule has 24 heavy (non-hydrogen) atoms. The Hall–Kier alpha value is -2.96. The van der Waals surface area contributed by atoms with Crippen molar-refractivity contribution in [2.24, 2.45) is 0 Å². The third-order valence-electron chi connectivity index (χ3n) is 3.24. The van der Waals surface area contributed by atoms with E-state index in [-0.39, 0.29) is 23.6 Å². The normalized spacial score (nSPS) is 10.2. The summed E-state index contributed by atoms with van der Waals surface area (Å²) in [6.07, 6.45) is 0.317. The number of carbonyl (C=O) groups excluding carboxylic acids is 2. The van der Waals surface area contributed by atoms with Crippen LogP contribution in [-0.4, -0.2) is 25.0 Å². The molecule has 0 radical (unpaired) electrons. The Labute approximate surface area is 137 Å².